The molecule has 0 atom stereocenters. The molecule has 0 unspecified atom stereocenters. The van der Waals surface area contributed by atoms with Gasteiger partial charge >= 0.3 is 12.2 Å². The van der Waals surface area contributed by atoms with Crippen LogP contribution in [0, 0.1) is 13.8 Å². The molecule has 3 N–H and O–H groups in total. The smallest absolute Gasteiger partial charge is 0.332 e. The number of carbonyl (C=O) groups is 1. The van der Waals surface area contributed by atoms with Crippen molar-refractivity contribution in [3.63, 3.8) is 0 Å². The van der Waals surface area contributed by atoms with Crippen LogP contribution in [0.5, 0.6) is 0 Å². The number of rotatable bonds is 4. The van der Waals surface area contributed by atoms with E-state index in [9.17, 15) is 18.0 Å². The Morgan fingerprint density at radius 3 is 2.59 bits per heavy atom. The molecule has 2 amide bonds. The molecule has 3 rings (SSSR count). The number of benzene rings is 1. The Balaban J connectivity index is 1.90. The molecule has 0 radical (unpaired) electrons. The SMILES string of the molecule is Cc1cc(C)n(-c2ccc(C(F)(F)F)cc2NC(=O)NCc2ccn[nH]2)n1. The number of alkyl halides is 3. The molecule has 2 heterocycles. The van der Waals surface area contributed by atoms with Crippen LogP contribution in [0.3, 0.4) is 0 Å². The van der Waals surface area contributed by atoms with Crippen molar-refractivity contribution in [2.24, 2.45) is 0 Å². The van der Waals surface area contributed by atoms with Gasteiger partial charge in [0, 0.05) is 11.9 Å². The van der Waals surface area contributed by atoms with E-state index >= 15 is 0 Å². The third-order valence-electron chi connectivity index (χ3n) is 3.81. The summed E-state index contributed by atoms with van der Waals surface area (Å²) in [6, 6.07) is 5.95. The molecule has 3 aromatic rings. The highest BCUT2D eigenvalue weighted by Gasteiger charge is 2.31. The van der Waals surface area contributed by atoms with Gasteiger partial charge in [0.1, 0.15) is 0 Å². The van der Waals surface area contributed by atoms with Crippen molar-refractivity contribution in [2.75, 3.05) is 5.32 Å². The first-order valence-electron chi connectivity index (χ1n) is 8.02. The molecule has 0 fully saturated rings. The van der Waals surface area contributed by atoms with Gasteiger partial charge in [-0.1, -0.05) is 0 Å². The normalized spacial score (nSPS) is 11.4. The first-order valence-corrected chi connectivity index (χ1v) is 8.02. The van der Waals surface area contributed by atoms with Crippen molar-refractivity contribution in [2.45, 2.75) is 26.6 Å². The van der Waals surface area contributed by atoms with E-state index in [2.05, 4.69) is 25.9 Å². The van der Waals surface area contributed by atoms with E-state index in [0.717, 1.165) is 17.8 Å². The van der Waals surface area contributed by atoms with Gasteiger partial charge in [0.15, 0.2) is 0 Å². The lowest BCUT2D eigenvalue weighted by Gasteiger charge is -2.16. The predicted octanol–water partition coefficient (Wildman–Crippen LogP) is 3.55. The van der Waals surface area contributed by atoms with Crippen LogP contribution in [0.4, 0.5) is 23.7 Å². The first kappa shape index (κ1) is 18.5. The molecule has 1 aromatic carbocycles. The fourth-order valence-electron chi connectivity index (χ4n) is 2.60. The number of H-pyrrole nitrogens is 1. The summed E-state index contributed by atoms with van der Waals surface area (Å²) in [5.74, 6) is 0. The number of aromatic nitrogens is 4. The lowest BCUT2D eigenvalue weighted by Crippen LogP contribution is -2.29. The molecule has 0 aliphatic rings. The van der Waals surface area contributed by atoms with Gasteiger partial charge in [-0.05, 0) is 44.2 Å². The number of nitrogens with one attached hydrogen (secondary N) is 3. The largest absolute Gasteiger partial charge is 0.416 e. The van der Waals surface area contributed by atoms with Crippen molar-refractivity contribution in [1.29, 1.82) is 0 Å². The van der Waals surface area contributed by atoms with Crippen LogP contribution in [0.25, 0.3) is 5.69 Å². The number of urea groups is 1. The lowest BCUT2D eigenvalue weighted by atomic mass is 10.1. The summed E-state index contributed by atoms with van der Waals surface area (Å²) in [7, 11) is 0. The number of aromatic amines is 1. The van der Waals surface area contributed by atoms with Crippen molar-refractivity contribution in [3.05, 3.63) is 59.2 Å². The maximum atomic E-state index is 13.1. The van der Waals surface area contributed by atoms with Crippen LogP contribution in [0.15, 0.2) is 36.5 Å². The van der Waals surface area contributed by atoms with Crippen LogP contribution >= 0.6 is 0 Å². The highest BCUT2D eigenvalue weighted by molar-refractivity contribution is 5.91. The van der Waals surface area contributed by atoms with E-state index in [4.69, 9.17) is 0 Å². The Hall–Kier alpha value is -3.30. The first-order chi connectivity index (χ1) is 12.7. The Kier molecular flexibility index (Phi) is 4.89. The van der Waals surface area contributed by atoms with Crippen molar-refractivity contribution >= 4 is 11.7 Å². The van der Waals surface area contributed by atoms with Gasteiger partial charge in [0.2, 0.25) is 0 Å². The Morgan fingerprint density at radius 2 is 2.00 bits per heavy atom. The summed E-state index contributed by atoms with van der Waals surface area (Å²) in [6.07, 6.45) is -3.00. The Bertz CT molecular complexity index is 946. The van der Waals surface area contributed by atoms with Gasteiger partial charge in [-0.3, -0.25) is 5.10 Å². The molecule has 7 nitrogen and oxygen atoms in total. The van der Waals surface area contributed by atoms with Gasteiger partial charge in [-0.25, -0.2) is 9.48 Å². The molecule has 0 saturated heterocycles. The summed E-state index contributed by atoms with van der Waals surface area (Å²) in [5.41, 5.74) is 1.57. The highest BCUT2D eigenvalue weighted by Crippen LogP contribution is 2.33. The molecule has 27 heavy (non-hydrogen) atoms. The van der Waals surface area contributed by atoms with E-state index in [1.807, 2.05) is 0 Å². The van der Waals surface area contributed by atoms with Crippen LogP contribution in [0.2, 0.25) is 0 Å². The van der Waals surface area contributed by atoms with Gasteiger partial charge in [-0.15, -0.1) is 0 Å². The number of carbonyl (C=O) groups excluding carboxylic acids is 1. The Labute approximate surface area is 152 Å². The maximum absolute atomic E-state index is 13.1. The van der Waals surface area contributed by atoms with Gasteiger partial charge in [0.25, 0.3) is 0 Å². The summed E-state index contributed by atoms with van der Waals surface area (Å²) in [5, 5.41) is 15.7. The molecule has 0 bridgehead atoms. The molecule has 0 aliphatic carbocycles. The van der Waals surface area contributed by atoms with Crippen LogP contribution < -0.4 is 10.6 Å². The van der Waals surface area contributed by atoms with Crippen LogP contribution in [-0.2, 0) is 12.7 Å². The van der Waals surface area contributed by atoms with Crippen molar-refractivity contribution in [1.82, 2.24) is 25.3 Å². The number of amides is 2. The Morgan fingerprint density at radius 1 is 1.22 bits per heavy atom. The monoisotopic (exact) mass is 378 g/mol. The zero-order chi connectivity index (χ0) is 19.6. The third-order valence-corrected chi connectivity index (χ3v) is 3.81. The minimum absolute atomic E-state index is 0.00173. The van der Waals surface area contributed by atoms with Crippen LogP contribution in [-0.4, -0.2) is 26.0 Å². The lowest BCUT2D eigenvalue weighted by molar-refractivity contribution is -0.137. The maximum Gasteiger partial charge on any atom is 0.416 e. The van der Waals surface area contributed by atoms with Gasteiger partial charge in [-0.2, -0.15) is 23.4 Å². The number of nitrogens with zero attached hydrogens (tertiary/aromatic N) is 3. The van der Waals surface area contributed by atoms with Gasteiger partial charge in [0.05, 0.1) is 34.9 Å². The fourth-order valence-corrected chi connectivity index (χ4v) is 2.60. The van der Waals surface area contributed by atoms with Crippen molar-refractivity contribution in [3.8, 4) is 5.69 Å². The number of hydrogen-bond donors (Lipinski definition) is 3. The fraction of sp³-hybridized carbons (Fsp3) is 0.235. The molecule has 0 aliphatic heterocycles. The molecule has 0 spiro atoms. The number of aryl methyl sites for hydroxylation is 2. The molecular formula is C17H17F3N6O. The average Bonchev–Trinajstić information content (AvgIpc) is 3.21. The molecule has 142 valence electrons. The van der Waals surface area contributed by atoms with E-state index < -0.39 is 17.8 Å². The van der Waals surface area contributed by atoms with E-state index in [0.29, 0.717) is 17.1 Å². The summed E-state index contributed by atoms with van der Waals surface area (Å²) >= 11 is 0. The standard InChI is InChI=1S/C17H17F3N6O/c1-10-7-11(2)26(25-10)15-4-3-12(17(18,19)20)8-14(15)23-16(27)21-9-13-5-6-22-24-13/h3-8H,9H2,1-2H3,(H,22,24)(H2,21,23,27). The van der Waals surface area contributed by atoms with Crippen LogP contribution in [0.1, 0.15) is 22.6 Å². The second kappa shape index (κ2) is 7.14. The number of anilines is 1. The summed E-state index contributed by atoms with van der Waals surface area (Å²) in [6.45, 7) is 3.71. The average molecular weight is 378 g/mol. The summed E-state index contributed by atoms with van der Waals surface area (Å²) in [4.78, 5) is 12.2. The van der Waals surface area contributed by atoms with E-state index in [1.165, 1.54) is 16.9 Å². The second-order valence-electron chi connectivity index (χ2n) is 5.96. The zero-order valence-electron chi connectivity index (χ0n) is 14.6. The predicted molar refractivity (Wildman–Crippen MR) is 92.5 cm³/mol. The third kappa shape index (κ3) is 4.27. The molecular weight excluding hydrogens is 361 g/mol. The molecule has 0 saturated carbocycles. The van der Waals surface area contributed by atoms with Crippen molar-refractivity contribution < 1.29 is 18.0 Å². The number of halogens is 3. The summed E-state index contributed by atoms with van der Waals surface area (Å²) < 4.78 is 40.8. The topological polar surface area (TPSA) is 87.6 Å². The highest BCUT2D eigenvalue weighted by atomic mass is 19.4. The minimum atomic E-state index is -4.53. The molecule has 2 aromatic heterocycles. The second-order valence-corrected chi connectivity index (χ2v) is 5.96. The number of hydrogen-bond acceptors (Lipinski definition) is 3. The van der Waals surface area contributed by atoms with Gasteiger partial charge < -0.3 is 10.6 Å². The minimum Gasteiger partial charge on any atom is -0.332 e. The molecule has 10 heteroatoms. The quantitative estimate of drug-likeness (QED) is 0.649. The van der Waals surface area contributed by atoms with E-state index in [-0.39, 0.29) is 12.2 Å². The zero-order valence-corrected chi connectivity index (χ0v) is 14.6. The van der Waals surface area contributed by atoms with E-state index in [1.54, 1.807) is 26.0 Å².